The van der Waals surface area contributed by atoms with Crippen LogP contribution in [0.3, 0.4) is 0 Å². The molecule has 1 aromatic rings. The molecule has 1 heterocycles. The minimum atomic E-state index is -2.39. The maximum atomic E-state index is 11.5. The van der Waals surface area contributed by atoms with E-state index in [1.165, 1.54) is 12.4 Å². The number of nitrogens with zero attached hydrogens (tertiary/aromatic N) is 1. The number of aromatic amines is 1. The van der Waals surface area contributed by atoms with Crippen molar-refractivity contribution in [1.82, 2.24) is 9.97 Å². The second-order valence-corrected chi connectivity index (χ2v) is 2.25. The molecule has 50 valence electrons. The second kappa shape index (κ2) is 2.82. The van der Waals surface area contributed by atoms with Crippen LogP contribution >= 0.6 is 11.8 Å². The lowest BCUT2D eigenvalue weighted by atomic mass is 11.0. The molecule has 0 saturated heterocycles. The van der Waals surface area contributed by atoms with Gasteiger partial charge in [0.1, 0.15) is 0 Å². The van der Waals surface area contributed by atoms with Gasteiger partial charge in [-0.1, -0.05) is 0 Å². The first kappa shape index (κ1) is 6.54. The molecule has 5 heteroatoms. The molecule has 1 N–H and O–H groups in total. The number of hydrogen-bond acceptors (Lipinski definition) is 2. The van der Waals surface area contributed by atoms with Crippen LogP contribution in [-0.4, -0.2) is 15.7 Å². The van der Waals surface area contributed by atoms with Crippen LogP contribution in [0.1, 0.15) is 0 Å². The second-order valence-electron chi connectivity index (χ2n) is 1.27. The van der Waals surface area contributed by atoms with Crippen molar-refractivity contribution in [3.8, 4) is 0 Å². The topological polar surface area (TPSA) is 28.7 Å². The summed E-state index contributed by atoms with van der Waals surface area (Å²) < 4.78 is 23.0. The van der Waals surface area contributed by atoms with Gasteiger partial charge >= 0.3 is 0 Å². The third kappa shape index (κ3) is 2.01. The molecule has 0 aromatic carbocycles. The van der Waals surface area contributed by atoms with E-state index in [1.54, 1.807) is 0 Å². The van der Waals surface area contributed by atoms with Gasteiger partial charge in [-0.05, 0) is 11.8 Å². The molecule has 0 saturated carbocycles. The number of imidazole rings is 1. The normalized spacial score (nSPS) is 10.6. The SMILES string of the molecule is FC(F)Sc1ncc[nH]1. The number of alkyl halides is 2. The Labute approximate surface area is 54.7 Å². The van der Waals surface area contributed by atoms with Crippen molar-refractivity contribution in [3.05, 3.63) is 12.4 Å². The summed E-state index contributed by atoms with van der Waals surface area (Å²) in [5, 5.41) is 0.255. The maximum absolute atomic E-state index is 11.5. The Bertz CT molecular complexity index is 163. The highest BCUT2D eigenvalue weighted by molar-refractivity contribution is 7.99. The minimum absolute atomic E-state index is 0.255. The van der Waals surface area contributed by atoms with Crippen LogP contribution in [-0.2, 0) is 0 Å². The summed E-state index contributed by atoms with van der Waals surface area (Å²) in [5.74, 6) is -2.39. The molecule has 0 aliphatic rings. The fourth-order valence-corrected chi connectivity index (χ4v) is 0.826. The van der Waals surface area contributed by atoms with Gasteiger partial charge in [0.2, 0.25) is 0 Å². The fraction of sp³-hybridized carbons (Fsp3) is 0.250. The highest BCUT2D eigenvalue weighted by Gasteiger charge is 2.05. The molecular weight excluding hydrogens is 146 g/mol. The zero-order chi connectivity index (χ0) is 6.69. The molecule has 2 nitrogen and oxygen atoms in total. The summed E-state index contributed by atoms with van der Waals surface area (Å²) in [6.45, 7) is 0. The molecule has 9 heavy (non-hydrogen) atoms. The van der Waals surface area contributed by atoms with Crippen LogP contribution < -0.4 is 0 Å². The average molecular weight is 150 g/mol. The van der Waals surface area contributed by atoms with E-state index in [4.69, 9.17) is 0 Å². The first-order valence-corrected chi connectivity index (χ1v) is 3.11. The molecule has 0 aliphatic heterocycles. The Morgan fingerprint density at radius 3 is 2.89 bits per heavy atom. The van der Waals surface area contributed by atoms with E-state index in [1.807, 2.05) is 0 Å². The standard InChI is InChI=1S/C4H4F2N2S/c5-3(6)9-4-7-1-2-8-4/h1-3H,(H,7,8). The number of H-pyrrole nitrogens is 1. The van der Waals surface area contributed by atoms with Crippen LogP contribution in [0.2, 0.25) is 0 Å². The van der Waals surface area contributed by atoms with E-state index in [-0.39, 0.29) is 5.16 Å². The predicted molar refractivity (Wildman–Crippen MR) is 30.4 cm³/mol. The van der Waals surface area contributed by atoms with E-state index >= 15 is 0 Å². The van der Waals surface area contributed by atoms with Crippen molar-refractivity contribution in [1.29, 1.82) is 0 Å². The molecule has 0 aliphatic carbocycles. The van der Waals surface area contributed by atoms with Gasteiger partial charge < -0.3 is 4.98 Å². The van der Waals surface area contributed by atoms with E-state index in [0.29, 0.717) is 11.8 Å². The van der Waals surface area contributed by atoms with E-state index in [9.17, 15) is 8.78 Å². The van der Waals surface area contributed by atoms with Gasteiger partial charge in [-0.3, -0.25) is 0 Å². The van der Waals surface area contributed by atoms with E-state index < -0.39 is 5.76 Å². The third-order valence-electron chi connectivity index (χ3n) is 0.674. The summed E-state index contributed by atoms with van der Waals surface area (Å²) in [7, 11) is 0. The lowest BCUT2D eigenvalue weighted by molar-refractivity contribution is 0.251. The van der Waals surface area contributed by atoms with Crippen molar-refractivity contribution in [2.24, 2.45) is 0 Å². The summed E-state index contributed by atoms with van der Waals surface area (Å²) in [6, 6.07) is 0. The molecule has 0 bridgehead atoms. The molecule has 0 spiro atoms. The van der Waals surface area contributed by atoms with Gasteiger partial charge in [-0.2, -0.15) is 8.78 Å². The van der Waals surface area contributed by atoms with Crippen molar-refractivity contribution >= 4 is 11.8 Å². The van der Waals surface area contributed by atoms with Gasteiger partial charge in [0.05, 0.1) is 0 Å². The van der Waals surface area contributed by atoms with E-state index in [2.05, 4.69) is 9.97 Å². The molecular formula is C4H4F2N2S. The van der Waals surface area contributed by atoms with Gasteiger partial charge in [-0.15, -0.1) is 0 Å². The lowest BCUT2D eigenvalue weighted by Gasteiger charge is -1.90. The zero-order valence-electron chi connectivity index (χ0n) is 4.34. The summed E-state index contributed by atoms with van der Waals surface area (Å²) >= 11 is 0.405. The van der Waals surface area contributed by atoms with Crippen LogP contribution in [0, 0.1) is 0 Å². The number of hydrogen-bond donors (Lipinski definition) is 1. The van der Waals surface area contributed by atoms with Crippen molar-refractivity contribution in [3.63, 3.8) is 0 Å². The third-order valence-corrected chi connectivity index (χ3v) is 1.30. The average Bonchev–Trinajstić information content (AvgIpc) is 2.15. The number of halogens is 2. The number of rotatable bonds is 2. The molecule has 0 radical (unpaired) electrons. The largest absolute Gasteiger partial charge is 0.340 e. The monoisotopic (exact) mass is 150 g/mol. The first-order chi connectivity index (χ1) is 4.29. The Hall–Kier alpha value is -0.580. The quantitative estimate of drug-likeness (QED) is 0.650. The van der Waals surface area contributed by atoms with Gasteiger partial charge in [0, 0.05) is 12.4 Å². The van der Waals surface area contributed by atoms with Crippen LogP contribution in [0.5, 0.6) is 0 Å². The summed E-state index contributed by atoms with van der Waals surface area (Å²) in [4.78, 5) is 6.12. The maximum Gasteiger partial charge on any atom is 0.291 e. The Kier molecular flexibility index (Phi) is 2.05. The van der Waals surface area contributed by atoms with Crippen molar-refractivity contribution < 1.29 is 8.78 Å². The van der Waals surface area contributed by atoms with Gasteiger partial charge in [0.15, 0.2) is 5.16 Å². The molecule has 0 amide bonds. The van der Waals surface area contributed by atoms with E-state index in [0.717, 1.165) is 0 Å². The highest BCUT2D eigenvalue weighted by atomic mass is 32.2. The molecule has 0 atom stereocenters. The van der Waals surface area contributed by atoms with Gasteiger partial charge in [0.25, 0.3) is 5.76 Å². The Morgan fingerprint density at radius 1 is 1.67 bits per heavy atom. The number of aromatic nitrogens is 2. The molecule has 1 rings (SSSR count). The number of thioether (sulfide) groups is 1. The van der Waals surface area contributed by atoms with Crippen molar-refractivity contribution in [2.75, 3.05) is 0 Å². The minimum Gasteiger partial charge on any atom is -0.340 e. The zero-order valence-corrected chi connectivity index (χ0v) is 5.16. The number of nitrogens with one attached hydrogen (secondary N) is 1. The molecule has 1 aromatic heterocycles. The predicted octanol–water partition coefficient (Wildman–Crippen LogP) is 1.72. The highest BCUT2D eigenvalue weighted by Crippen LogP contribution is 2.20. The Morgan fingerprint density at radius 2 is 2.44 bits per heavy atom. The van der Waals surface area contributed by atoms with Gasteiger partial charge in [-0.25, -0.2) is 4.98 Å². The summed E-state index contributed by atoms with van der Waals surface area (Å²) in [6.07, 6.45) is 2.94. The molecule has 0 fully saturated rings. The molecule has 0 unspecified atom stereocenters. The fourth-order valence-electron chi connectivity index (χ4n) is 0.400. The smallest absolute Gasteiger partial charge is 0.291 e. The van der Waals surface area contributed by atoms with Crippen LogP contribution in [0.25, 0.3) is 0 Å². The Balaban J connectivity index is 2.48. The van der Waals surface area contributed by atoms with Crippen LogP contribution in [0.15, 0.2) is 17.6 Å². The van der Waals surface area contributed by atoms with Crippen LogP contribution in [0.4, 0.5) is 8.78 Å². The van der Waals surface area contributed by atoms with Crippen molar-refractivity contribution in [2.45, 2.75) is 10.9 Å². The lowest BCUT2D eigenvalue weighted by Crippen LogP contribution is -1.81. The summed E-state index contributed by atoms with van der Waals surface area (Å²) in [5.41, 5.74) is 0. The first-order valence-electron chi connectivity index (χ1n) is 2.23.